The van der Waals surface area contributed by atoms with Gasteiger partial charge >= 0.3 is 6.03 Å². The van der Waals surface area contributed by atoms with Gasteiger partial charge in [0.05, 0.1) is 0 Å². The molecule has 2 aliphatic rings. The largest absolute Gasteiger partial charge is 0.343 e. The van der Waals surface area contributed by atoms with E-state index in [1.54, 1.807) is 0 Å². The summed E-state index contributed by atoms with van der Waals surface area (Å²) in [5.41, 5.74) is 0.557. The van der Waals surface area contributed by atoms with Crippen molar-refractivity contribution in [2.24, 2.45) is 0 Å². The summed E-state index contributed by atoms with van der Waals surface area (Å²) in [4.78, 5) is 35.6. The van der Waals surface area contributed by atoms with E-state index in [1.165, 1.54) is 28.3 Å². The van der Waals surface area contributed by atoms with Crippen LogP contribution in [0.15, 0.2) is 10.9 Å². The highest BCUT2D eigenvalue weighted by Crippen LogP contribution is 2.23. The van der Waals surface area contributed by atoms with Crippen LogP contribution in [0.3, 0.4) is 0 Å². The lowest BCUT2D eigenvalue weighted by molar-refractivity contribution is 0.141. The Balaban J connectivity index is 1.44. The van der Waals surface area contributed by atoms with E-state index >= 15 is 0 Å². The minimum Gasteiger partial charge on any atom is -0.343 e. The number of nitrogens with zero attached hydrogens (tertiary/aromatic N) is 6. The van der Waals surface area contributed by atoms with E-state index in [0.29, 0.717) is 23.7 Å². The van der Waals surface area contributed by atoms with Gasteiger partial charge in [0.2, 0.25) is 10.1 Å². The number of rotatable bonds is 1. The van der Waals surface area contributed by atoms with E-state index in [0.717, 1.165) is 44.2 Å². The number of carbonyl (C=O) groups is 1. The van der Waals surface area contributed by atoms with Crippen LogP contribution in [0.5, 0.6) is 0 Å². The normalized spacial score (nSPS) is 18.8. The number of amides is 2. The highest BCUT2D eigenvalue weighted by atomic mass is 32.1. The molecule has 9 heteroatoms. The van der Waals surface area contributed by atoms with Crippen LogP contribution < -0.4 is 10.5 Å². The Labute approximate surface area is 149 Å². The van der Waals surface area contributed by atoms with E-state index < -0.39 is 0 Å². The third-order valence-electron chi connectivity index (χ3n) is 4.81. The number of hydrogen-bond acceptors (Lipinski definition) is 6. The monoisotopic (exact) mass is 362 g/mol. The van der Waals surface area contributed by atoms with Crippen molar-refractivity contribution in [2.45, 2.75) is 26.2 Å². The summed E-state index contributed by atoms with van der Waals surface area (Å²) in [6.45, 7) is 6.40. The van der Waals surface area contributed by atoms with Crippen molar-refractivity contribution in [3.05, 3.63) is 22.1 Å². The van der Waals surface area contributed by atoms with Crippen LogP contribution >= 0.6 is 11.3 Å². The third-order valence-corrected chi connectivity index (χ3v) is 5.78. The van der Waals surface area contributed by atoms with Crippen molar-refractivity contribution >= 4 is 27.5 Å². The lowest BCUT2D eigenvalue weighted by Crippen LogP contribution is -2.53. The minimum absolute atomic E-state index is 0.149. The lowest BCUT2D eigenvalue weighted by Gasteiger charge is -2.38. The molecule has 2 amide bonds. The molecule has 0 aliphatic carbocycles. The predicted molar refractivity (Wildman–Crippen MR) is 96.5 cm³/mol. The summed E-state index contributed by atoms with van der Waals surface area (Å²) in [5.74, 6) is 0. The van der Waals surface area contributed by atoms with Gasteiger partial charge in [-0.15, -0.1) is 5.10 Å². The molecule has 8 nitrogen and oxygen atoms in total. The first-order valence-electron chi connectivity index (χ1n) is 8.78. The van der Waals surface area contributed by atoms with Gasteiger partial charge in [-0.3, -0.25) is 4.79 Å². The number of aryl methyl sites for hydroxylation is 1. The van der Waals surface area contributed by atoms with Gasteiger partial charge < -0.3 is 14.7 Å². The second-order valence-corrected chi connectivity index (χ2v) is 7.55. The molecule has 2 aromatic rings. The first-order valence-corrected chi connectivity index (χ1v) is 9.60. The number of piperazine rings is 1. The van der Waals surface area contributed by atoms with Gasteiger partial charge in [-0.1, -0.05) is 11.3 Å². The number of hydrogen-bond donors (Lipinski definition) is 0. The standard InChI is InChI=1S/C16H22N6O2S/c1-12-11-13(23)22-14(17-12)25-15(18-22)19-7-9-21(10-8-19)16(24)20-5-3-2-4-6-20/h11H,2-10H2,1H3. The van der Waals surface area contributed by atoms with E-state index in [2.05, 4.69) is 15.0 Å². The molecule has 0 aromatic carbocycles. The summed E-state index contributed by atoms with van der Waals surface area (Å²) in [6.07, 6.45) is 3.44. The number of piperidine rings is 1. The molecular formula is C16H22N6O2S. The Morgan fingerprint density at radius 1 is 1.04 bits per heavy atom. The van der Waals surface area contributed by atoms with Gasteiger partial charge in [0.25, 0.3) is 5.56 Å². The Hall–Kier alpha value is -2.16. The van der Waals surface area contributed by atoms with Crippen molar-refractivity contribution in [1.82, 2.24) is 24.4 Å². The quantitative estimate of drug-likeness (QED) is 0.762. The van der Waals surface area contributed by atoms with Crippen LogP contribution in [-0.4, -0.2) is 69.7 Å². The number of aromatic nitrogens is 3. The lowest BCUT2D eigenvalue weighted by atomic mass is 10.1. The highest BCUT2D eigenvalue weighted by Gasteiger charge is 2.27. The molecule has 0 radical (unpaired) electrons. The van der Waals surface area contributed by atoms with Gasteiger partial charge in [0, 0.05) is 51.0 Å². The molecule has 0 atom stereocenters. The van der Waals surface area contributed by atoms with Crippen LogP contribution in [0.1, 0.15) is 25.0 Å². The third kappa shape index (κ3) is 3.20. The van der Waals surface area contributed by atoms with Crippen molar-refractivity contribution in [3.63, 3.8) is 0 Å². The van der Waals surface area contributed by atoms with Crippen LogP contribution in [-0.2, 0) is 0 Å². The molecule has 134 valence electrons. The predicted octanol–water partition coefficient (Wildman–Crippen LogP) is 1.19. The van der Waals surface area contributed by atoms with Gasteiger partial charge in [0.15, 0.2) is 0 Å². The molecule has 4 heterocycles. The average Bonchev–Trinajstić information content (AvgIpc) is 3.06. The molecule has 0 N–H and O–H groups in total. The minimum atomic E-state index is -0.149. The van der Waals surface area contributed by atoms with Crippen molar-refractivity contribution in [1.29, 1.82) is 0 Å². The van der Waals surface area contributed by atoms with Crippen molar-refractivity contribution in [3.8, 4) is 0 Å². The van der Waals surface area contributed by atoms with Crippen LogP contribution in [0, 0.1) is 6.92 Å². The first kappa shape index (κ1) is 16.3. The Morgan fingerprint density at radius 2 is 1.72 bits per heavy atom. The second-order valence-electron chi connectivity index (χ2n) is 6.62. The molecule has 4 rings (SSSR count). The Morgan fingerprint density at radius 3 is 2.44 bits per heavy atom. The van der Waals surface area contributed by atoms with Gasteiger partial charge in [-0.05, 0) is 26.2 Å². The molecule has 2 aliphatic heterocycles. The number of anilines is 1. The Bertz CT molecular complexity index is 833. The molecule has 25 heavy (non-hydrogen) atoms. The number of likely N-dealkylation sites (tertiary alicyclic amines) is 1. The highest BCUT2D eigenvalue weighted by molar-refractivity contribution is 7.20. The molecular weight excluding hydrogens is 340 g/mol. The van der Waals surface area contributed by atoms with E-state index in [9.17, 15) is 9.59 Å². The molecule has 2 aromatic heterocycles. The zero-order valence-electron chi connectivity index (χ0n) is 14.3. The molecule has 0 unspecified atom stereocenters. The van der Waals surface area contributed by atoms with Gasteiger partial charge in [-0.25, -0.2) is 9.78 Å². The number of urea groups is 1. The number of carbonyl (C=O) groups excluding carboxylic acids is 1. The maximum absolute atomic E-state index is 12.6. The molecule has 2 fully saturated rings. The topological polar surface area (TPSA) is 74.1 Å². The summed E-state index contributed by atoms with van der Waals surface area (Å²) < 4.78 is 1.36. The van der Waals surface area contributed by atoms with Gasteiger partial charge in [-0.2, -0.15) is 4.52 Å². The fourth-order valence-corrected chi connectivity index (χ4v) is 4.42. The molecule has 0 saturated carbocycles. The molecule has 2 saturated heterocycles. The van der Waals surface area contributed by atoms with Crippen molar-refractivity contribution in [2.75, 3.05) is 44.2 Å². The van der Waals surface area contributed by atoms with E-state index in [4.69, 9.17) is 0 Å². The molecule has 0 spiro atoms. The van der Waals surface area contributed by atoms with Crippen LogP contribution in [0.25, 0.3) is 4.96 Å². The summed E-state index contributed by atoms with van der Waals surface area (Å²) >= 11 is 1.42. The maximum Gasteiger partial charge on any atom is 0.320 e. The fraction of sp³-hybridized carbons (Fsp3) is 0.625. The smallest absolute Gasteiger partial charge is 0.320 e. The SMILES string of the molecule is Cc1cc(=O)n2nc(N3CCN(C(=O)N4CCCCC4)CC3)sc2n1. The second kappa shape index (κ2) is 6.62. The maximum atomic E-state index is 12.6. The zero-order chi connectivity index (χ0) is 17.4. The van der Waals surface area contributed by atoms with Crippen molar-refractivity contribution < 1.29 is 4.79 Å². The van der Waals surface area contributed by atoms with Crippen LogP contribution in [0.2, 0.25) is 0 Å². The summed E-state index contributed by atoms with van der Waals surface area (Å²) in [6, 6.07) is 1.66. The summed E-state index contributed by atoms with van der Waals surface area (Å²) in [7, 11) is 0. The van der Waals surface area contributed by atoms with E-state index in [1.807, 2.05) is 16.7 Å². The zero-order valence-corrected chi connectivity index (χ0v) is 15.2. The van der Waals surface area contributed by atoms with E-state index in [-0.39, 0.29) is 11.6 Å². The number of fused-ring (bicyclic) bond motifs is 1. The average molecular weight is 362 g/mol. The summed E-state index contributed by atoms with van der Waals surface area (Å²) in [5, 5.41) is 5.20. The fourth-order valence-electron chi connectivity index (χ4n) is 3.41. The van der Waals surface area contributed by atoms with Crippen LogP contribution in [0.4, 0.5) is 9.93 Å². The van der Waals surface area contributed by atoms with Gasteiger partial charge in [0.1, 0.15) is 0 Å². The molecule has 0 bridgehead atoms. The first-order chi connectivity index (χ1) is 12.1. The Kier molecular flexibility index (Phi) is 4.32.